The summed E-state index contributed by atoms with van der Waals surface area (Å²) in [5, 5.41) is 8.75. The number of methoxy groups -OCH3 is 2. The van der Waals surface area contributed by atoms with Gasteiger partial charge in [-0.05, 0) is 6.07 Å². The van der Waals surface area contributed by atoms with Gasteiger partial charge in [-0.2, -0.15) is 5.26 Å². The molecule has 0 heterocycles. The molecule has 0 saturated heterocycles. The van der Waals surface area contributed by atoms with Gasteiger partial charge >= 0.3 is 0 Å². The average molecular weight is 195 g/mol. The first-order valence-corrected chi connectivity index (χ1v) is 4.02. The number of hydrogen-bond acceptors (Lipinski definition) is 4. The molecule has 0 aromatic heterocycles. The van der Waals surface area contributed by atoms with Gasteiger partial charge in [0.2, 0.25) is 0 Å². The Morgan fingerprint density at radius 1 is 1.31 bits per heavy atom. The van der Waals surface area contributed by atoms with E-state index >= 15 is 0 Å². The molecule has 4 heteroatoms. The summed E-state index contributed by atoms with van der Waals surface area (Å²) >= 11 is 4.15. The van der Waals surface area contributed by atoms with Crippen LogP contribution in [-0.2, 0) is 0 Å². The van der Waals surface area contributed by atoms with Crippen molar-refractivity contribution in [3.05, 3.63) is 17.7 Å². The zero-order valence-electron chi connectivity index (χ0n) is 7.37. The lowest BCUT2D eigenvalue weighted by Gasteiger charge is -2.07. The monoisotopic (exact) mass is 195 g/mol. The highest BCUT2D eigenvalue weighted by molar-refractivity contribution is 7.80. The van der Waals surface area contributed by atoms with Crippen LogP contribution in [0.15, 0.2) is 17.0 Å². The fourth-order valence-electron chi connectivity index (χ4n) is 0.941. The summed E-state index contributed by atoms with van der Waals surface area (Å²) < 4.78 is 10.0. The van der Waals surface area contributed by atoms with Crippen molar-refractivity contribution >= 4 is 12.6 Å². The van der Waals surface area contributed by atoms with E-state index < -0.39 is 0 Å². The predicted octanol–water partition coefficient (Wildman–Crippen LogP) is 1.86. The maximum Gasteiger partial charge on any atom is 0.137 e. The Morgan fingerprint density at radius 2 is 2.00 bits per heavy atom. The summed E-state index contributed by atoms with van der Waals surface area (Å²) in [6.07, 6.45) is 0. The van der Waals surface area contributed by atoms with Crippen LogP contribution in [0.4, 0.5) is 0 Å². The molecule has 0 unspecified atom stereocenters. The first-order valence-electron chi connectivity index (χ1n) is 3.58. The largest absolute Gasteiger partial charge is 0.497 e. The van der Waals surface area contributed by atoms with Crippen molar-refractivity contribution in [2.45, 2.75) is 4.90 Å². The van der Waals surface area contributed by atoms with Crippen LogP contribution < -0.4 is 9.47 Å². The second-order valence-electron chi connectivity index (χ2n) is 2.34. The molecular weight excluding hydrogens is 186 g/mol. The highest BCUT2D eigenvalue weighted by Gasteiger charge is 2.07. The van der Waals surface area contributed by atoms with E-state index in [1.165, 1.54) is 14.2 Å². The molecule has 68 valence electrons. The molecule has 0 aliphatic heterocycles. The van der Waals surface area contributed by atoms with Crippen LogP contribution >= 0.6 is 12.6 Å². The Bertz CT molecular complexity index is 357. The van der Waals surface area contributed by atoms with Gasteiger partial charge in [-0.25, -0.2) is 0 Å². The molecule has 0 atom stereocenters. The van der Waals surface area contributed by atoms with E-state index in [4.69, 9.17) is 14.7 Å². The van der Waals surface area contributed by atoms with Crippen molar-refractivity contribution in [2.24, 2.45) is 0 Å². The molecule has 3 nitrogen and oxygen atoms in total. The van der Waals surface area contributed by atoms with Crippen LogP contribution in [0.2, 0.25) is 0 Å². The lowest BCUT2D eigenvalue weighted by molar-refractivity contribution is 0.387. The Hall–Kier alpha value is -1.34. The Kier molecular flexibility index (Phi) is 3.04. The van der Waals surface area contributed by atoms with Crippen molar-refractivity contribution in [1.82, 2.24) is 0 Å². The third-order valence-corrected chi connectivity index (χ3v) is 2.09. The van der Waals surface area contributed by atoms with E-state index in [0.29, 0.717) is 22.0 Å². The summed E-state index contributed by atoms with van der Waals surface area (Å²) in [4.78, 5) is 0.533. The topological polar surface area (TPSA) is 42.2 Å². The number of benzene rings is 1. The normalized spacial score (nSPS) is 9.08. The smallest absolute Gasteiger partial charge is 0.137 e. The summed E-state index contributed by atoms with van der Waals surface area (Å²) in [6, 6.07) is 5.31. The Labute approximate surface area is 82.3 Å². The molecule has 1 aromatic carbocycles. The van der Waals surface area contributed by atoms with Crippen LogP contribution in [0.3, 0.4) is 0 Å². The van der Waals surface area contributed by atoms with Gasteiger partial charge in [0, 0.05) is 6.07 Å². The van der Waals surface area contributed by atoms with Gasteiger partial charge in [-0.15, -0.1) is 12.6 Å². The van der Waals surface area contributed by atoms with Crippen molar-refractivity contribution in [1.29, 1.82) is 5.26 Å². The van der Waals surface area contributed by atoms with Gasteiger partial charge in [-0.1, -0.05) is 0 Å². The average Bonchev–Trinajstić information content (AvgIpc) is 2.18. The van der Waals surface area contributed by atoms with Crippen molar-refractivity contribution < 1.29 is 9.47 Å². The van der Waals surface area contributed by atoms with Crippen LogP contribution in [0, 0.1) is 11.3 Å². The molecule has 0 aliphatic rings. The number of nitriles is 1. The number of nitrogens with zero attached hydrogens (tertiary/aromatic N) is 1. The van der Waals surface area contributed by atoms with Crippen molar-refractivity contribution in [3.8, 4) is 17.6 Å². The van der Waals surface area contributed by atoms with Gasteiger partial charge in [0.15, 0.2) is 0 Å². The van der Waals surface area contributed by atoms with E-state index in [1.807, 2.05) is 6.07 Å². The molecule has 1 aromatic rings. The molecule has 13 heavy (non-hydrogen) atoms. The lowest BCUT2D eigenvalue weighted by Crippen LogP contribution is -1.91. The molecule has 0 saturated carbocycles. The molecule has 0 N–H and O–H groups in total. The zero-order chi connectivity index (χ0) is 9.84. The predicted molar refractivity (Wildman–Crippen MR) is 51.5 cm³/mol. The van der Waals surface area contributed by atoms with Gasteiger partial charge in [0.05, 0.1) is 24.7 Å². The molecule has 0 radical (unpaired) electrons. The highest BCUT2D eigenvalue weighted by atomic mass is 32.1. The summed E-state index contributed by atoms with van der Waals surface area (Å²) in [7, 11) is 3.06. The standard InChI is InChI=1S/C9H9NO2S/c1-11-7-3-6(5-10)9(13)8(4-7)12-2/h3-4,13H,1-2H3. The van der Waals surface area contributed by atoms with Crippen molar-refractivity contribution in [3.63, 3.8) is 0 Å². The summed E-state index contributed by atoms with van der Waals surface area (Å²) in [5.41, 5.74) is 0.444. The minimum atomic E-state index is 0.444. The molecule has 0 fully saturated rings. The number of thiol groups is 1. The molecule has 0 aliphatic carbocycles. The van der Waals surface area contributed by atoms with Crippen LogP contribution in [0.25, 0.3) is 0 Å². The highest BCUT2D eigenvalue weighted by Crippen LogP contribution is 2.30. The van der Waals surface area contributed by atoms with Crippen LogP contribution in [-0.4, -0.2) is 14.2 Å². The Balaban J connectivity index is 3.31. The third kappa shape index (κ3) is 1.87. The van der Waals surface area contributed by atoms with E-state index in [9.17, 15) is 0 Å². The van der Waals surface area contributed by atoms with E-state index in [1.54, 1.807) is 12.1 Å². The fourth-order valence-corrected chi connectivity index (χ4v) is 1.21. The molecular formula is C9H9NO2S. The van der Waals surface area contributed by atoms with Crippen LogP contribution in [0.5, 0.6) is 11.5 Å². The quantitative estimate of drug-likeness (QED) is 0.732. The van der Waals surface area contributed by atoms with E-state index in [0.717, 1.165) is 0 Å². The maximum absolute atomic E-state index is 8.75. The Morgan fingerprint density at radius 3 is 2.46 bits per heavy atom. The zero-order valence-corrected chi connectivity index (χ0v) is 8.26. The first kappa shape index (κ1) is 9.75. The minimum absolute atomic E-state index is 0.444. The number of ether oxygens (including phenoxy) is 2. The molecule has 0 amide bonds. The fraction of sp³-hybridized carbons (Fsp3) is 0.222. The molecule has 0 spiro atoms. The van der Waals surface area contributed by atoms with Gasteiger partial charge in [-0.3, -0.25) is 0 Å². The van der Waals surface area contributed by atoms with Gasteiger partial charge in [0.1, 0.15) is 17.6 Å². The summed E-state index contributed by atoms with van der Waals surface area (Å²) in [5.74, 6) is 1.13. The third-order valence-electron chi connectivity index (χ3n) is 1.62. The van der Waals surface area contributed by atoms with E-state index in [2.05, 4.69) is 12.6 Å². The second-order valence-corrected chi connectivity index (χ2v) is 2.78. The summed E-state index contributed by atoms with van der Waals surface area (Å²) in [6.45, 7) is 0. The second kappa shape index (κ2) is 4.06. The van der Waals surface area contributed by atoms with Gasteiger partial charge < -0.3 is 9.47 Å². The molecule has 0 bridgehead atoms. The number of hydrogen-bond donors (Lipinski definition) is 1. The van der Waals surface area contributed by atoms with Crippen LogP contribution in [0.1, 0.15) is 5.56 Å². The van der Waals surface area contributed by atoms with Gasteiger partial charge in [0.25, 0.3) is 0 Å². The van der Waals surface area contributed by atoms with E-state index in [-0.39, 0.29) is 0 Å². The molecule has 1 rings (SSSR count). The first-order chi connectivity index (χ1) is 6.22. The SMILES string of the molecule is COc1cc(C#N)c(S)c(OC)c1. The number of rotatable bonds is 2. The lowest BCUT2D eigenvalue weighted by atomic mass is 10.2. The minimum Gasteiger partial charge on any atom is -0.497 e. The maximum atomic E-state index is 8.75. The van der Waals surface area contributed by atoms with Crippen molar-refractivity contribution in [2.75, 3.05) is 14.2 Å².